The quantitative estimate of drug-likeness (QED) is 0.742. The van der Waals surface area contributed by atoms with Crippen molar-refractivity contribution in [2.24, 2.45) is 0 Å². The van der Waals surface area contributed by atoms with Crippen LogP contribution in [0.15, 0.2) is 42.5 Å². The van der Waals surface area contributed by atoms with Crippen LogP contribution in [0, 0.1) is 0 Å². The van der Waals surface area contributed by atoms with Gasteiger partial charge in [-0.3, -0.25) is 14.5 Å². The summed E-state index contributed by atoms with van der Waals surface area (Å²) < 4.78 is 0. The summed E-state index contributed by atoms with van der Waals surface area (Å²) in [4.78, 5) is 30.9. The van der Waals surface area contributed by atoms with Crippen LogP contribution in [0.5, 0.6) is 0 Å². The van der Waals surface area contributed by atoms with Gasteiger partial charge in [-0.1, -0.05) is 23.7 Å². The molecule has 0 aromatic heterocycles. The number of carbonyl (C=O) groups excluding carboxylic acids is 2. The molecule has 7 heteroatoms. The highest BCUT2D eigenvalue weighted by molar-refractivity contribution is 6.30. The first kappa shape index (κ1) is 21.7. The molecule has 0 saturated carbocycles. The predicted molar refractivity (Wildman–Crippen MR) is 126 cm³/mol. The van der Waals surface area contributed by atoms with Gasteiger partial charge in [-0.25, -0.2) is 0 Å². The number of hydrogen-bond donors (Lipinski definition) is 1. The minimum atomic E-state index is -0.0891. The van der Waals surface area contributed by atoms with Crippen molar-refractivity contribution in [1.82, 2.24) is 4.90 Å². The molecule has 2 heterocycles. The van der Waals surface area contributed by atoms with E-state index in [9.17, 15) is 9.59 Å². The Bertz CT molecular complexity index is 956. The third-order valence-electron chi connectivity index (χ3n) is 6.04. The molecule has 31 heavy (non-hydrogen) atoms. The molecule has 1 fully saturated rings. The SMILES string of the molecule is CC(=O)Nc1cccc2c1CCC(=O)N2CCCN1CCN(c2cccc(Cl)c2)CC1. The summed E-state index contributed by atoms with van der Waals surface area (Å²) >= 11 is 6.13. The standard InChI is InChI=1S/C24H29ClN4O2/c1-18(30)26-22-7-3-8-23-21(22)9-10-24(31)29(23)12-4-11-27-13-15-28(16-14-27)20-6-2-5-19(25)17-20/h2-3,5-8,17H,4,9-16H2,1H3,(H,26,30). The van der Waals surface area contributed by atoms with Crippen LogP contribution in [0.4, 0.5) is 17.1 Å². The Hall–Kier alpha value is -2.57. The summed E-state index contributed by atoms with van der Waals surface area (Å²) in [5.74, 6) is 0.0759. The summed E-state index contributed by atoms with van der Waals surface area (Å²) in [6, 6.07) is 13.8. The summed E-state index contributed by atoms with van der Waals surface area (Å²) in [5, 5.41) is 3.67. The Labute approximate surface area is 188 Å². The number of rotatable bonds is 6. The van der Waals surface area contributed by atoms with Crippen molar-refractivity contribution in [1.29, 1.82) is 0 Å². The van der Waals surface area contributed by atoms with Crippen LogP contribution in [0.3, 0.4) is 0 Å². The third-order valence-corrected chi connectivity index (χ3v) is 6.28. The van der Waals surface area contributed by atoms with Gasteiger partial charge < -0.3 is 15.1 Å². The maximum atomic E-state index is 12.6. The van der Waals surface area contributed by atoms with Crippen LogP contribution >= 0.6 is 11.6 Å². The highest BCUT2D eigenvalue weighted by Crippen LogP contribution is 2.33. The number of nitrogens with one attached hydrogen (secondary N) is 1. The Morgan fingerprint density at radius 2 is 1.81 bits per heavy atom. The average Bonchev–Trinajstić information content (AvgIpc) is 2.75. The molecule has 2 aromatic carbocycles. The van der Waals surface area contributed by atoms with Gasteiger partial charge in [0.15, 0.2) is 0 Å². The van der Waals surface area contributed by atoms with E-state index in [1.54, 1.807) is 0 Å². The van der Waals surface area contributed by atoms with Gasteiger partial charge in [0.2, 0.25) is 11.8 Å². The fourth-order valence-electron chi connectivity index (χ4n) is 4.50. The Morgan fingerprint density at radius 1 is 1.03 bits per heavy atom. The van der Waals surface area contributed by atoms with Gasteiger partial charge in [0.05, 0.1) is 0 Å². The molecule has 2 aliphatic rings. The lowest BCUT2D eigenvalue weighted by atomic mass is 9.98. The van der Waals surface area contributed by atoms with Gasteiger partial charge in [-0.05, 0) is 55.3 Å². The van der Waals surface area contributed by atoms with Gasteiger partial charge >= 0.3 is 0 Å². The van der Waals surface area contributed by atoms with Crippen LogP contribution in [-0.2, 0) is 16.0 Å². The lowest BCUT2D eigenvalue weighted by Gasteiger charge is -2.37. The summed E-state index contributed by atoms with van der Waals surface area (Å²) in [6.45, 7) is 7.14. The highest BCUT2D eigenvalue weighted by atomic mass is 35.5. The van der Waals surface area contributed by atoms with Crippen molar-refractivity contribution < 1.29 is 9.59 Å². The number of halogens is 1. The molecule has 2 amide bonds. The van der Waals surface area contributed by atoms with Crippen molar-refractivity contribution in [2.45, 2.75) is 26.2 Å². The van der Waals surface area contributed by atoms with Crippen LogP contribution in [0.2, 0.25) is 5.02 Å². The molecular weight excluding hydrogens is 412 g/mol. The maximum Gasteiger partial charge on any atom is 0.227 e. The molecule has 2 aliphatic heterocycles. The summed E-state index contributed by atoms with van der Waals surface area (Å²) in [5.41, 5.74) is 4.00. The van der Waals surface area contributed by atoms with Crippen LogP contribution < -0.4 is 15.1 Å². The smallest absolute Gasteiger partial charge is 0.227 e. The van der Waals surface area contributed by atoms with Gasteiger partial charge in [-0.2, -0.15) is 0 Å². The van der Waals surface area contributed by atoms with Gasteiger partial charge in [0, 0.05) is 68.2 Å². The first-order valence-electron chi connectivity index (χ1n) is 10.9. The van der Waals surface area contributed by atoms with E-state index in [-0.39, 0.29) is 11.8 Å². The van der Waals surface area contributed by atoms with E-state index < -0.39 is 0 Å². The molecule has 0 atom stereocenters. The first-order valence-corrected chi connectivity index (χ1v) is 11.3. The predicted octanol–water partition coefficient (Wildman–Crippen LogP) is 3.79. The second-order valence-corrected chi connectivity index (χ2v) is 8.63. The zero-order chi connectivity index (χ0) is 21.8. The number of benzene rings is 2. The lowest BCUT2D eigenvalue weighted by Crippen LogP contribution is -2.47. The molecule has 1 saturated heterocycles. The van der Waals surface area contributed by atoms with Gasteiger partial charge in [-0.15, -0.1) is 0 Å². The normalized spacial score (nSPS) is 16.9. The number of fused-ring (bicyclic) bond motifs is 1. The first-order chi connectivity index (χ1) is 15.0. The Kier molecular flexibility index (Phi) is 6.78. The zero-order valence-electron chi connectivity index (χ0n) is 17.9. The monoisotopic (exact) mass is 440 g/mol. The average molecular weight is 441 g/mol. The van der Waals surface area contributed by atoms with E-state index in [1.807, 2.05) is 41.3 Å². The highest BCUT2D eigenvalue weighted by Gasteiger charge is 2.26. The summed E-state index contributed by atoms with van der Waals surface area (Å²) in [6.07, 6.45) is 2.08. The number of nitrogens with zero attached hydrogens (tertiary/aromatic N) is 3. The molecule has 2 aromatic rings. The minimum absolute atomic E-state index is 0.0891. The fraction of sp³-hybridized carbons (Fsp3) is 0.417. The molecule has 4 rings (SSSR count). The van der Waals surface area contributed by atoms with Gasteiger partial charge in [0.25, 0.3) is 0 Å². The van der Waals surface area contributed by atoms with E-state index in [0.717, 1.165) is 61.1 Å². The van der Waals surface area contributed by atoms with Crippen LogP contribution in [0.25, 0.3) is 0 Å². The molecular formula is C24H29ClN4O2. The minimum Gasteiger partial charge on any atom is -0.369 e. The van der Waals surface area contributed by atoms with Crippen molar-refractivity contribution in [3.05, 3.63) is 53.1 Å². The van der Waals surface area contributed by atoms with Crippen LogP contribution in [-0.4, -0.2) is 56.0 Å². The lowest BCUT2D eigenvalue weighted by molar-refractivity contribution is -0.119. The third kappa shape index (κ3) is 5.20. The van der Waals surface area contributed by atoms with E-state index in [1.165, 1.54) is 12.6 Å². The molecule has 0 unspecified atom stereocenters. The van der Waals surface area contributed by atoms with E-state index in [2.05, 4.69) is 21.2 Å². The van der Waals surface area contributed by atoms with Crippen molar-refractivity contribution >= 4 is 40.5 Å². The number of anilines is 3. The Morgan fingerprint density at radius 3 is 2.55 bits per heavy atom. The van der Waals surface area contributed by atoms with Crippen molar-refractivity contribution in [3.8, 4) is 0 Å². The molecule has 0 aliphatic carbocycles. The topological polar surface area (TPSA) is 55.9 Å². The van der Waals surface area contributed by atoms with E-state index in [0.29, 0.717) is 19.4 Å². The zero-order valence-corrected chi connectivity index (χ0v) is 18.7. The second kappa shape index (κ2) is 9.71. The number of amides is 2. The van der Waals surface area contributed by atoms with Gasteiger partial charge in [0.1, 0.15) is 0 Å². The second-order valence-electron chi connectivity index (χ2n) is 8.19. The molecule has 6 nitrogen and oxygen atoms in total. The molecule has 0 radical (unpaired) electrons. The largest absolute Gasteiger partial charge is 0.369 e. The molecule has 0 bridgehead atoms. The van der Waals surface area contributed by atoms with Crippen LogP contribution in [0.1, 0.15) is 25.3 Å². The number of carbonyl (C=O) groups is 2. The fourth-order valence-corrected chi connectivity index (χ4v) is 4.68. The molecule has 1 N–H and O–H groups in total. The molecule has 0 spiro atoms. The van der Waals surface area contributed by atoms with Crippen molar-refractivity contribution in [2.75, 3.05) is 54.4 Å². The Balaban J connectivity index is 1.31. The number of piperazine rings is 1. The molecule has 164 valence electrons. The maximum absolute atomic E-state index is 12.6. The van der Waals surface area contributed by atoms with E-state index >= 15 is 0 Å². The number of hydrogen-bond acceptors (Lipinski definition) is 4. The van der Waals surface area contributed by atoms with E-state index in [4.69, 9.17) is 11.6 Å². The van der Waals surface area contributed by atoms with Crippen molar-refractivity contribution in [3.63, 3.8) is 0 Å². The summed E-state index contributed by atoms with van der Waals surface area (Å²) in [7, 11) is 0.